The minimum Gasteiger partial charge on any atom is -0.386 e. The summed E-state index contributed by atoms with van der Waals surface area (Å²) in [5, 5.41) is 9.65. The number of benzene rings is 1. The summed E-state index contributed by atoms with van der Waals surface area (Å²) in [5.74, 6) is 0.721. The molecular formula is C19H20N6S. The van der Waals surface area contributed by atoms with Crippen molar-refractivity contribution in [2.75, 3.05) is 13.1 Å². The van der Waals surface area contributed by atoms with Crippen molar-refractivity contribution in [1.82, 2.24) is 14.9 Å². The number of likely N-dealkylation sites (tertiary alicyclic amines) is 1. The molecule has 4 rings (SSSR count). The number of aliphatic imine (C=N–C) groups is 1. The Hall–Kier alpha value is -2.43. The normalized spacial score (nSPS) is 18.0. The average molecular weight is 364 g/mol. The maximum atomic E-state index is 8.63. The van der Waals surface area contributed by atoms with E-state index in [4.69, 9.17) is 11.0 Å². The number of hydrogen-bond acceptors (Lipinski definition) is 6. The predicted molar refractivity (Wildman–Crippen MR) is 101 cm³/mol. The molecule has 1 aromatic carbocycles. The second-order valence-corrected chi connectivity index (χ2v) is 7.75. The zero-order valence-electron chi connectivity index (χ0n) is 14.4. The van der Waals surface area contributed by atoms with E-state index in [1.165, 1.54) is 16.0 Å². The van der Waals surface area contributed by atoms with E-state index in [9.17, 15) is 0 Å². The van der Waals surface area contributed by atoms with Crippen molar-refractivity contribution in [3.8, 4) is 6.19 Å². The molecule has 7 heteroatoms. The summed E-state index contributed by atoms with van der Waals surface area (Å²) in [7, 11) is 0. The molecule has 0 bridgehead atoms. The molecule has 0 spiro atoms. The first kappa shape index (κ1) is 17.0. The number of amidine groups is 1. The molecule has 2 aliphatic rings. The van der Waals surface area contributed by atoms with Crippen molar-refractivity contribution in [1.29, 1.82) is 5.26 Å². The van der Waals surface area contributed by atoms with E-state index < -0.39 is 0 Å². The highest BCUT2D eigenvalue weighted by molar-refractivity contribution is 7.99. The van der Waals surface area contributed by atoms with Gasteiger partial charge in [0.15, 0.2) is 0 Å². The van der Waals surface area contributed by atoms with Crippen LogP contribution in [0.5, 0.6) is 0 Å². The van der Waals surface area contributed by atoms with Gasteiger partial charge < -0.3 is 5.73 Å². The third-order valence-electron chi connectivity index (χ3n) is 5.02. The van der Waals surface area contributed by atoms with Gasteiger partial charge in [0, 0.05) is 36.2 Å². The number of rotatable bonds is 3. The van der Waals surface area contributed by atoms with Gasteiger partial charge in [0.2, 0.25) is 6.19 Å². The Bertz CT molecular complexity index is 880. The lowest BCUT2D eigenvalue weighted by molar-refractivity contribution is 0.201. The maximum absolute atomic E-state index is 8.63. The molecule has 2 aromatic rings. The van der Waals surface area contributed by atoms with Crippen LogP contribution in [0, 0.1) is 17.4 Å². The van der Waals surface area contributed by atoms with Gasteiger partial charge >= 0.3 is 0 Å². The van der Waals surface area contributed by atoms with E-state index in [2.05, 4.69) is 38.1 Å². The lowest BCUT2D eigenvalue weighted by Crippen LogP contribution is -2.38. The fraction of sp³-hybridized carbons (Fsp3) is 0.368. The summed E-state index contributed by atoms with van der Waals surface area (Å²) in [6, 6.07) is 6.72. The molecule has 0 amide bonds. The van der Waals surface area contributed by atoms with Gasteiger partial charge in [-0.1, -0.05) is 23.9 Å². The van der Waals surface area contributed by atoms with Crippen molar-refractivity contribution in [3.05, 3.63) is 47.4 Å². The highest BCUT2D eigenvalue weighted by Gasteiger charge is 2.23. The van der Waals surface area contributed by atoms with E-state index in [1.807, 2.05) is 0 Å². The summed E-state index contributed by atoms with van der Waals surface area (Å²) in [6.07, 6.45) is 8.07. The first-order valence-electron chi connectivity index (χ1n) is 8.77. The van der Waals surface area contributed by atoms with Gasteiger partial charge in [-0.2, -0.15) is 10.3 Å². The van der Waals surface area contributed by atoms with Crippen LogP contribution in [0.25, 0.3) is 0 Å². The molecule has 2 aliphatic heterocycles. The van der Waals surface area contributed by atoms with Crippen molar-refractivity contribution < 1.29 is 0 Å². The van der Waals surface area contributed by atoms with Crippen LogP contribution in [0.15, 0.2) is 45.5 Å². The second-order valence-electron chi connectivity index (χ2n) is 6.72. The topological polar surface area (TPSA) is 91.2 Å². The number of nitrogens with zero attached hydrogens (tertiary/aromatic N) is 5. The van der Waals surface area contributed by atoms with Gasteiger partial charge in [0.05, 0.1) is 5.69 Å². The zero-order valence-corrected chi connectivity index (χ0v) is 15.2. The second kappa shape index (κ2) is 7.44. The molecule has 1 fully saturated rings. The van der Waals surface area contributed by atoms with Crippen LogP contribution in [0.4, 0.5) is 0 Å². The summed E-state index contributed by atoms with van der Waals surface area (Å²) in [5.41, 5.74) is 9.59. The third kappa shape index (κ3) is 3.57. The molecule has 3 heterocycles. The minimum atomic E-state index is 0.237. The summed E-state index contributed by atoms with van der Waals surface area (Å²) < 4.78 is 0. The SMILES string of the molecule is N#CN=C(N)C1CCN(Cc2ccc3c(c2)Cc2nccnc2S3)CC1. The fourth-order valence-corrected chi connectivity index (χ4v) is 4.57. The quantitative estimate of drug-likeness (QED) is 0.436. The first-order chi connectivity index (χ1) is 12.7. The smallest absolute Gasteiger partial charge is 0.207 e. The van der Waals surface area contributed by atoms with E-state index in [-0.39, 0.29) is 5.92 Å². The van der Waals surface area contributed by atoms with Crippen LogP contribution >= 0.6 is 11.8 Å². The fourth-order valence-electron chi connectivity index (χ4n) is 3.61. The van der Waals surface area contributed by atoms with Crippen LogP contribution < -0.4 is 5.73 Å². The summed E-state index contributed by atoms with van der Waals surface area (Å²) >= 11 is 1.70. The Morgan fingerprint density at radius 3 is 2.92 bits per heavy atom. The van der Waals surface area contributed by atoms with Crippen molar-refractivity contribution >= 4 is 17.6 Å². The largest absolute Gasteiger partial charge is 0.386 e. The number of piperidine rings is 1. The summed E-state index contributed by atoms with van der Waals surface area (Å²) in [6.45, 7) is 2.90. The molecule has 6 nitrogen and oxygen atoms in total. The number of aromatic nitrogens is 2. The van der Waals surface area contributed by atoms with E-state index >= 15 is 0 Å². The molecule has 132 valence electrons. The molecule has 1 aromatic heterocycles. The van der Waals surface area contributed by atoms with E-state index in [1.54, 1.807) is 30.3 Å². The van der Waals surface area contributed by atoms with Gasteiger partial charge in [0.25, 0.3) is 0 Å². The average Bonchev–Trinajstić information content (AvgIpc) is 2.67. The molecule has 0 aliphatic carbocycles. The zero-order chi connectivity index (χ0) is 17.9. The number of nitriles is 1. The molecular weight excluding hydrogens is 344 g/mol. The van der Waals surface area contributed by atoms with E-state index in [0.717, 1.165) is 49.6 Å². The standard InChI is InChI=1S/C19H20N6S/c20-12-24-18(21)14-3-7-25(8-4-14)11-13-1-2-17-15(9-13)10-16-19(26-17)23-6-5-22-16/h1-2,5-6,9,14H,3-4,7-8,10-11H2,(H2,21,24). The highest BCUT2D eigenvalue weighted by atomic mass is 32.2. The highest BCUT2D eigenvalue weighted by Crippen LogP contribution is 2.37. The van der Waals surface area contributed by atoms with Crippen LogP contribution in [0.1, 0.15) is 29.7 Å². The molecule has 2 N–H and O–H groups in total. The number of nitrogens with two attached hydrogens (primary N) is 1. The van der Waals surface area contributed by atoms with Crippen LogP contribution in [-0.2, 0) is 13.0 Å². The molecule has 26 heavy (non-hydrogen) atoms. The van der Waals surface area contributed by atoms with Crippen molar-refractivity contribution in [2.24, 2.45) is 16.6 Å². The minimum absolute atomic E-state index is 0.237. The Balaban J connectivity index is 1.40. The maximum Gasteiger partial charge on any atom is 0.207 e. The Labute approximate surface area is 157 Å². The lowest BCUT2D eigenvalue weighted by Gasteiger charge is -2.31. The third-order valence-corrected chi connectivity index (χ3v) is 6.17. The molecule has 0 saturated carbocycles. The van der Waals surface area contributed by atoms with Crippen LogP contribution in [0.2, 0.25) is 0 Å². The van der Waals surface area contributed by atoms with Crippen molar-refractivity contribution in [2.45, 2.75) is 35.7 Å². The van der Waals surface area contributed by atoms with Gasteiger partial charge in [-0.25, -0.2) is 4.98 Å². The van der Waals surface area contributed by atoms with Gasteiger partial charge in [0.1, 0.15) is 10.9 Å². The Kier molecular flexibility index (Phi) is 4.87. The van der Waals surface area contributed by atoms with Gasteiger partial charge in [-0.3, -0.25) is 9.88 Å². The van der Waals surface area contributed by atoms with Gasteiger partial charge in [-0.15, -0.1) is 0 Å². The molecule has 0 atom stereocenters. The Morgan fingerprint density at radius 2 is 2.12 bits per heavy atom. The number of hydrogen-bond donors (Lipinski definition) is 1. The van der Waals surface area contributed by atoms with Crippen molar-refractivity contribution in [3.63, 3.8) is 0 Å². The van der Waals surface area contributed by atoms with Crippen LogP contribution in [-0.4, -0.2) is 33.8 Å². The number of fused-ring (bicyclic) bond motifs is 2. The summed E-state index contributed by atoms with van der Waals surface area (Å²) in [4.78, 5) is 16.3. The molecule has 0 unspecified atom stereocenters. The van der Waals surface area contributed by atoms with E-state index in [0.29, 0.717) is 5.84 Å². The lowest BCUT2D eigenvalue weighted by atomic mass is 9.95. The predicted octanol–water partition coefficient (Wildman–Crippen LogP) is 2.58. The molecule has 0 radical (unpaired) electrons. The Morgan fingerprint density at radius 1 is 1.31 bits per heavy atom. The first-order valence-corrected chi connectivity index (χ1v) is 9.58. The van der Waals surface area contributed by atoms with Gasteiger partial charge in [-0.05, 0) is 43.1 Å². The monoisotopic (exact) mass is 364 g/mol. The molecule has 1 saturated heterocycles. The van der Waals surface area contributed by atoms with Crippen LogP contribution in [0.3, 0.4) is 0 Å².